The van der Waals surface area contributed by atoms with Crippen molar-refractivity contribution in [3.05, 3.63) is 35.9 Å². The first kappa shape index (κ1) is 23.2. The largest absolute Gasteiger partial charge is 0.469 e. The highest BCUT2D eigenvalue weighted by Gasteiger charge is 2.37. The molecule has 0 radical (unpaired) electrons. The maximum atomic E-state index is 12.8. The van der Waals surface area contributed by atoms with Crippen molar-refractivity contribution in [1.29, 1.82) is 0 Å². The Morgan fingerprint density at radius 1 is 1.10 bits per heavy atom. The second kappa shape index (κ2) is 11.2. The maximum absolute atomic E-state index is 12.8. The summed E-state index contributed by atoms with van der Waals surface area (Å²) < 4.78 is 14.7. The fraction of sp³-hybridized carbons (Fsp3) is 0.524. The van der Waals surface area contributed by atoms with Crippen LogP contribution in [0.15, 0.2) is 30.3 Å². The molecule has 0 aromatic heterocycles. The normalized spacial score (nSPS) is 17.6. The molecule has 1 fully saturated rings. The average molecular weight is 420 g/mol. The van der Waals surface area contributed by atoms with Crippen LogP contribution < -0.4 is 5.32 Å². The Morgan fingerprint density at radius 3 is 2.40 bits per heavy atom. The third-order valence-corrected chi connectivity index (χ3v) is 4.99. The molecule has 0 aliphatic carbocycles. The zero-order valence-corrected chi connectivity index (χ0v) is 17.5. The van der Waals surface area contributed by atoms with Crippen LogP contribution in [0, 0.1) is 5.92 Å². The van der Waals surface area contributed by atoms with Gasteiger partial charge in [-0.2, -0.15) is 0 Å². The standard InChI is InChI=1S/C21H28N2O7/c1-14(19(25)28-2)12-16(20(26)29-3)22-18(24)17-10-7-11-23(17)21(27)30-13-15-8-5-4-6-9-15/h4-6,8-9,14,16-17H,7,10-13H2,1-3H3,(H,22,24)/t14-,16+,17+/m0/s1. The number of methoxy groups -OCH3 is 2. The van der Waals surface area contributed by atoms with E-state index >= 15 is 0 Å². The van der Waals surface area contributed by atoms with Crippen LogP contribution >= 0.6 is 0 Å². The van der Waals surface area contributed by atoms with Crippen LogP contribution in [-0.4, -0.2) is 61.7 Å². The second-order valence-corrected chi connectivity index (χ2v) is 7.14. The number of nitrogens with one attached hydrogen (secondary N) is 1. The van der Waals surface area contributed by atoms with Gasteiger partial charge in [0.05, 0.1) is 20.1 Å². The first-order valence-corrected chi connectivity index (χ1v) is 9.80. The third-order valence-electron chi connectivity index (χ3n) is 4.99. The van der Waals surface area contributed by atoms with E-state index in [2.05, 4.69) is 10.1 Å². The van der Waals surface area contributed by atoms with Crippen molar-refractivity contribution in [3.8, 4) is 0 Å². The molecular weight excluding hydrogens is 392 g/mol. The van der Waals surface area contributed by atoms with E-state index < -0.39 is 41.9 Å². The zero-order chi connectivity index (χ0) is 22.1. The SMILES string of the molecule is COC(=O)[C@@H](C)C[C@@H](NC(=O)[C@H]1CCCN1C(=O)OCc1ccccc1)C(=O)OC. The molecule has 30 heavy (non-hydrogen) atoms. The summed E-state index contributed by atoms with van der Waals surface area (Å²) in [6, 6.07) is 7.45. The number of likely N-dealkylation sites (tertiary alicyclic amines) is 1. The lowest BCUT2D eigenvalue weighted by atomic mass is 10.0. The predicted octanol–water partition coefficient (Wildman–Crippen LogP) is 1.64. The van der Waals surface area contributed by atoms with Gasteiger partial charge in [0.2, 0.25) is 5.91 Å². The first-order valence-electron chi connectivity index (χ1n) is 9.80. The van der Waals surface area contributed by atoms with E-state index in [0.717, 1.165) is 5.56 Å². The molecule has 1 aromatic carbocycles. The summed E-state index contributed by atoms with van der Waals surface area (Å²) in [5.41, 5.74) is 0.841. The van der Waals surface area contributed by atoms with E-state index in [9.17, 15) is 19.2 Å². The molecule has 164 valence electrons. The Morgan fingerprint density at radius 2 is 1.77 bits per heavy atom. The molecule has 0 spiro atoms. The van der Waals surface area contributed by atoms with Gasteiger partial charge in [-0.1, -0.05) is 37.3 Å². The molecule has 2 amide bonds. The molecule has 0 unspecified atom stereocenters. The molecule has 1 N–H and O–H groups in total. The number of nitrogens with zero attached hydrogens (tertiary/aromatic N) is 1. The van der Waals surface area contributed by atoms with Gasteiger partial charge in [0.15, 0.2) is 0 Å². The van der Waals surface area contributed by atoms with Crippen LogP contribution in [0.3, 0.4) is 0 Å². The zero-order valence-electron chi connectivity index (χ0n) is 17.5. The van der Waals surface area contributed by atoms with Crippen LogP contribution in [0.5, 0.6) is 0 Å². The lowest BCUT2D eigenvalue weighted by molar-refractivity contribution is -0.149. The van der Waals surface area contributed by atoms with Crippen molar-refractivity contribution >= 4 is 23.9 Å². The minimum Gasteiger partial charge on any atom is -0.469 e. The van der Waals surface area contributed by atoms with Crippen molar-refractivity contribution in [1.82, 2.24) is 10.2 Å². The minimum absolute atomic E-state index is 0.0241. The number of amides is 2. The molecule has 9 heteroatoms. The van der Waals surface area contributed by atoms with Gasteiger partial charge in [-0.15, -0.1) is 0 Å². The number of ether oxygens (including phenoxy) is 3. The number of hydrogen-bond donors (Lipinski definition) is 1. The summed E-state index contributed by atoms with van der Waals surface area (Å²) in [5, 5.41) is 2.61. The van der Waals surface area contributed by atoms with Gasteiger partial charge >= 0.3 is 18.0 Å². The highest BCUT2D eigenvalue weighted by Crippen LogP contribution is 2.20. The van der Waals surface area contributed by atoms with Gasteiger partial charge in [0.25, 0.3) is 0 Å². The maximum Gasteiger partial charge on any atom is 0.410 e. The summed E-state index contributed by atoms with van der Waals surface area (Å²) in [5.74, 6) is -2.27. The van der Waals surface area contributed by atoms with E-state index in [1.807, 2.05) is 30.3 Å². The van der Waals surface area contributed by atoms with Crippen molar-refractivity contribution in [2.45, 2.75) is 44.9 Å². The highest BCUT2D eigenvalue weighted by molar-refractivity contribution is 5.90. The van der Waals surface area contributed by atoms with E-state index in [1.165, 1.54) is 19.1 Å². The van der Waals surface area contributed by atoms with Crippen LogP contribution in [0.4, 0.5) is 4.79 Å². The van der Waals surface area contributed by atoms with Crippen molar-refractivity contribution < 1.29 is 33.4 Å². The number of carbonyl (C=O) groups is 4. The summed E-state index contributed by atoms with van der Waals surface area (Å²) in [6.07, 6.45) is 0.525. The number of rotatable bonds is 8. The van der Waals surface area contributed by atoms with E-state index in [1.54, 1.807) is 6.92 Å². The highest BCUT2D eigenvalue weighted by atomic mass is 16.6. The molecule has 0 bridgehead atoms. The summed E-state index contributed by atoms with van der Waals surface area (Å²) >= 11 is 0. The van der Waals surface area contributed by atoms with Crippen LogP contribution in [0.2, 0.25) is 0 Å². The fourth-order valence-corrected chi connectivity index (χ4v) is 3.34. The van der Waals surface area contributed by atoms with E-state index in [4.69, 9.17) is 9.47 Å². The monoisotopic (exact) mass is 420 g/mol. The Bertz CT molecular complexity index is 753. The van der Waals surface area contributed by atoms with Gasteiger partial charge in [0.1, 0.15) is 18.7 Å². The lowest BCUT2D eigenvalue weighted by Crippen LogP contribution is -2.51. The van der Waals surface area contributed by atoms with Gasteiger partial charge in [-0.3, -0.25) is 14.5 Å². The predicted molar refractivity (Wildman–Crippen MR) is 106 cm³/mol. The van der Waals surface area contributed by atoms with Crippen LogP contribution in [0.1, 0.15) is 31.7 Å². The molecular formula is C21H28N2O7. The summed E-state index contributed by atoms with van der Waals surface area (Å²) in [7, 11) is 2.45. The topological polar surface area (TPSA) is 111 Å². The van der Waals surface area contributed by atoms with Gasteiger partial charge < -0.3 is 19.5 Å². The molecule has 1 heterocycles. The molecule has 1 saturated heterocycles. The fourth-order valence-electron chi connectivity index (χ4n) is 3.34. The minimum atomic E-state index is -1.03. The Kier molecular flexibility index (Phi) is 8.64. The first-order chi connectivity index (χ1) is 14.4. The van der Waals surface area contributed by atoms with Crippen LogP contribution in [0.25, 0.3) is 0 Å². The molecule has 2 rings (SSSR count). The van der Waals surface area contributed by atoms with Crippen LogP contribution in [-0.2, 0) is 35.2 Å². The van der Waals surface area contributed by atoms with Gasteiger partial charge in [-0.05, 0) is 24.8 Å². The summed E-state index contributed by atoms with van der Waals surface area (Å²) in [4.78, 5) is 50.4. The number of carbonyl (C=O) groups excluding carboxylic acids is 4. The smallest absolute Gasteiger partial charge is 0.410 e. The van der Waals surface area contributed by atoms with Gasteiger partial charge in [0, 0.05) is 6.54 Å². The molecule has 3 atom stereocenters. The molecule has 1 aromatic rings. The molecule has 1 aliphatic rings. The lowest BCUT2D eigenvalue weighted by Gasteiger charge is -2.26. The van der Waals surface area contributed by atoms with E-state index in [-0.39, 0.29) is 13.0 Å². The van der Waals surface area contributed by atoms with Crippen molar-refractivity contribution in [2.24, 2.45) is 5.92 Å². The number of esters is 2. The quantitative estimate of drug-likeness (QED) is 0.503. The number of benzene rings is 1. The Labute approximate surface area is 175 Å². The Balaban J connectivity index is 1.98. The Hall–Kier alpha value is -3.10. The molecule has 1 aliphatic heterocycles. The van der Waals surface area contributed by atoms with Gasteiger partial charge in [-0.25, -0.2) is 9.59 Å². The van der Waals surface area contributed by atoms with Crippen molar-refractivity contribution in [3.63, 3.8) is 0 Å². The van der Waals surface area contributed by atoms with Crippen molar-refractivity contribution in [2.75, 3.05) is 20.8 Å². The summed E-state index contributed by atoms with van der Waals surface area (Å²) in [6.45, 7) is 2.08. The second-order valence-electron chi connectivity index (χ2n) is 7.14. The third kappa shape index (κ3) is 6.20. The molecule has 0 saturated carbocycles. The number of hydrogen-bond acceptors (Lipinski definition) is 7. The molecule has 9 nitrogen and oxygen atoms in total. The average Bonchev–Trinajstić information content (AvgIpc) is 3.26. The van der Waals surface area contributed by atoms with E-state index in [0.29, 0.717) is 19.4 Å².